The van der Waals surface area contributed by atoms with E-state index >= 15 is 0 Å². The molecule has 1 saturated heterocycles. The Morgan fingerprint density at radius 2 is 2.21 bits per heavy atom. The number of carbonyl (C=O) groups is 1. The molecule has 4 N–H and O–H groups in total. The normalized spacial score (nSPS) is 14.7. The highest BCUT2D eigenvalue weighted by Crippen LogP contribution is 2.37. The molecule has 1 aliphatic rings. The highest BCUT2D eigenvalue weighted by Gasteiger charge is 2.37. The van der Waals surface area contributed by atoms with Gasteiger partial charge < -0.3 is 21.1 Å². The van der Waals surface area contributed by atoms with E-state index in [0.29, 0.717) is 13.1 Å². The van der Waals surface area contributed by atoms with Gasteiger partial charge in [0.05, 0.1) is 17.9 Å². The topological polar surface area (TPSA) is 128 Å². The number of nitriles is 1. The molecule has 0 spiro atoms. The van der Waals surface area contributed by atoms with Crippen LogP contribution in [0.3, 0.4) is 0 Å². The van der Waals surface area contributed by atoms with Crippen LogP contribution in [0.25, 0.3) is 5.57 Å². The Kier molecular flexibility index (Phi) is 6.94. The number of pyridine rings is 1. The summed E-state index contributed by atoms with van der Waals surface area (Å²) in [4.78, 5) is 21.1. The predicted octanol–water partition coefficient (Wildman–Crippen LogP) is 0.661. The van der Waals surface area contributed by atoms with Crippen molar-refractivity contribution in [1.29, 1.82) is 5.26 Å². The summed E-state index contributed by atoms with van der Waals surface area (Å²) in [5.74, 6) is -0.515. The molecule has 2 rings (SSSR count). The Morgan fingerprint density at radius 1 is 1.50 bits per heavy atom. The van der Waals surface area contributed by atoms with Crippen LogP contribution in [-0.2, 0) is 11.0 Å². The van der Waals surface area contributed by atoms with E-state index in [4.69, 9.17) is 10.8 Å². The second kappa shape index (κ2) is 9.18. The van der Waals surface area contributed by atoms with Gasteiger partial charge in [0.25, 0.3) is 0 Å². The van der Waals surface area contributed by atoms with Gasteiger partial charge in [0, 0.05) is 37.6 Å². The minimum absolute atomic E-state index is 0.0491. The molecule has 0 atom stereocenters. The molecule has 0 aliphatic carbocycles. The SMILES string of the molecule is N#Cc1c(C(F)(F)F)cc(C(C=NCC(=O)NCCO)=CN)nc1N1CCC1. The lowest BCUT2D eigenvalue weighted by Crippen LogP contribution is -2.38. The third-order valence-corrected chi connectivity index (χ3v) is 3.95. The number of alkyl halides is 3. The van der Waals surface area contributed by atoms with Gasteiger partial charge in [0.15, 0.2) is 0 Å². The number of rotatable bonds is 7. The number of aromatic nitrogens is 1. The summed E-state index contributed by atoms with van der Waals surface area (Å²) in [6.45, 7) is 0.558. The molecule has 1 aromatic rings. The van der Waals surface area contributed by atoms with E-state index in [1.165, 1.54) is 0 Å². The van der Waals surface area contributed by atoms with Crippen LogP contribution in [0.4, 0.5) is 19.0 Å². The van der Waals surface area contributed by atoms with Gasteiger partial charge in [-0.2, -0.15) is 18.4 Å². The van der Waals surface area contributed by atoms with Gasteiger partial charge in [-0.15, -0.1) is 0 Å². The number of anilines is 1. The van der Waals surface area contributed by atoms with E-state index in [0.717, 1.165) is 24.9 Å². The number of nitrogens with zero attached hydrogens (tertiary/aromatic N) is 4. The average Bonchev–Trinajstić information content (AvgIpc) is 2.60. The molecule has 150 valence electrons. The quantitative estimate of drug-likeness (QED) is 0.581. The van der Waals surface area contributed by atoms with Gasteiger partial charge in [0.1, 0.15) is 24.0 Å². The van der Waals surface area contributed by atoms with E-state index in [9.17, 15) is 23.2 Å². The number of nitrogens with one attached hydrogen (secondary N) is 1. The Balaban J connectivity index is 2.37. The van der Waals surface area contributed by atoms with Crippen molar-refractivity contribution >= 4 is 23.5 Å². The van der Waals surface area contributed by atoms with Crippen LogP contribution in [0.1, 0.15) is 23.2 Å². The zero-order valence-corrected chi connectivity index (χ0v) is 14.8. The average molecular weight is 396 g/mol. The molecule has 0 aromatic carbocycles. The van der Waals surface area contributed by atoms with Gasteiger partial charge in [0.2, 0.25) is 5.91 Å². The lowest BCUT2D eigenvalue weighted by Gasteiger charge is -2.33. The number of nitrogens with two attached hydrogens (primary N) is 1. The minimum atomic E-state index is -4.75. The lowest BCUT2D eigenvalue weighted by atomic mass is 10.0. The highest BCUT2D eigenvalue weighted by atomic mass is 19.4. The first-order chi connectivity index (χ1) is 13.3. The van der Waals surface area contributed by atoms with Crippen molar-refractivity contribution < 1.29 is 23.1 Å². The van der Waals surface area contributed by atoms with Crippen molar-refractivity contribution in [1.82, 2.24) is 10.3 Å². The highest BCUT2D eigenvalue weighted by molar-refractivity contribution is 6.09. The number of hydrogen-bond acceptors (Lipinski definition) is 7. The Bertz CT molecular complexity index is 825. The number of aliphatic hydroxyl groups is 1. The number of halogens is 3. The molecule has 0 radical (unpaired) electrons. The van der Waals surface area contributed by atoms with Crippen LogP contribution in [0, 0.1) is 11.3 Å². The maximum Gasteiger partial charge on any atom is 0.417 e. The minimum Gasteiger partial charge on any atom is -0.404 e. The predicted molar refractivity (Wildman–Crippen MR) is 96.4 cm³/mol. The van der Waals surface area contributed by atoms with Crippen molar-refractivity contribution in [2.45, 2.75) is 12.6 Å². The number of carbonyl (C=O) groups excluding carboxylic acids is 1. The van der Waals surface area contributed by atoms with E-state index in [2.05, 4.69) is 15.3 Å². The summed E-state index contributed by atoms with van der Waals surface area (Å²) < 4.78 is 40.4. The molecule has 2 heterocycles. The molecule has 0 unspecified atom stereocenters. The van der Waals surface area contributed by atoms with Gasteiger partial charge in [-0.05, 0) is 12.5 Å². The monoisotopic (exact) mass is 396 g/mol. The smallest absolute Gasteiger partial charge is 0.404 e. The van der Waals surface area contributed by atoms with Crippen LogP contribution in [0.2, 0.25) is 0 Å². The van der Waals surface area contributed by atoms with Crippen molar-refractivity contribution in [3.63, 3.8) is 0 Å². The third kappa shape index (κ3) is 4.98. The fourth-order valence-corrected chi connectivity index (χ4v) is 2.44. The van der Waals surface area contributed by atoms with Gasteiger partial charge >= 0.3 is 6.18 Å². The number of aliphatic hydroxyl groups excluding tert-OH is 1. The summed E-state index contributed by atoms with van der Waals surface area (Å²) in [6.07, 6.45) is -1.78. The molecule has 11 heteroatoms. The summed E-state index contributed by atoms with van der Waals surface area (Å²) >= 11 is 0. The van der Waals surface area contributed by atoms with Crippen LogP contribution < -0.4 is 16.0 Å². The maximum absolute atomic E-state index is 13.5. The molecule has 1 aromatic heterocycles. The van der Waals surface area contributed by atoms with Crippen molar-refractivity contribution in [2.24, 2.45) is 10.7 Å². The first-order valence-corrected chi connectivity index (χ1v) is 8.38. The number of amides is 1. The Hall–Kier alpha value is -3.13. The van der Waals surface area contributed by atoms with E-state index in [-0.39, 0.29) is 36.8 Å². The van der Waals surface area contributed by atoms with Crippen LogP contribution >= 0.6 is 0 Å². The standard InChI is InChI=1S/C17H19F3N6O2/c18-17(19,20)13-6-14(25-16(12(13)8-22)26-3-1-4-26)11(7-21)9-23-10-15(28)24-2-5-27/h6-7,9,27H,1-5,10,21H2,(H,24,28). The largest absolute Gasteiger partial charge is 0.417 e. The fraction of sp³-hybridized carbons (Fsp3) is 0.412. The number of allylic oxidation sites excluding steroid dienone is 1. The van der Waals surface area contributed by atoms with Crippen LogP contribution in [-0.4, -0.2) is 55.0 Å². The van der Waals surface area contributed by atoms with Crippen LogP contribution in [0.5, 0.6) is 0 Å². The summed E-state index contributed by atoms with van der Waals surface area (Å²) in [5.41, 5.74) is 3.86. The van der Waals surface area contributed by atoms with Gasteiger partial charge in [-0.25, -0.2) is 4.98 Å². The van der Waals surface area contributed by atoms with E-state index < -0.39 is 23.2 Å². The zero-order valence-electron chi connectivity index (χ0n) is 14.8. The first kappa shape index (κ1) is 21.2. The van der Waals surface area contributed by atoms with Crippen molar-refractivity contribution in [3.8, 4) is 6.07 Å². The number of hydrogen-bond donors (Lipinski definition) is 3. The second-order valence-electron chi connectivity index (χ2n) is 5.87. The lowest BCUT2D eigenvalue weighted by molar-refractivity contribution is -0.137. The fourth-order valence-electron chi connectivity index (χ4n) is 2.44. The molecule has 0 saturated carbocycles. The molecule has 8 nitrogen and oxygen atoms in total. The molecule has 1 fully saturated rings. The second-order valence-corrected chi connectivity index (χ2v) is 5.87. The molecule has 1 aliphatic heterocycles. The van der Waals surface area contributed by atoms with Crippen molar-refractivity contribution in [3.05, 3.63) is 29.1 Å². The summed E-state index contributed by atoms with van der Waals surface area (Å²) in [6, 6.07) is 2.35. The summed E-state index contributed by atoms with van der Waals surface area (Å²) in [5, 5.41) is 20.3. The summed E-state index contributed by atoms with van der Waals surface area (Å²) in [7, 11) is 0. The van der Waals surface area contributed by atoms with Gasteiger partial charge in [-0.1, -0.05) is 0 Å². The molecular weight excluding hydrogens is 377 g/mol. The van der Waals surface area contributed by atoms with Gasteiger partial charge in [-0.3, -0.25) is 9.79 Å². The van der Waals surface area contributed by atoms with E-state index in [1.54, 1.807) is 11.0 Å². The first-order valence-electron chi connectivity index (χ1n) is 8.38. The number of aliphatic imine (C=N–C) groups is 1. The molecular formula is C17H19F3N6O2. The van der Waals surface area contributed by atoms with Crippen molar-refractivity contribution in [2.75, 3.05) is 37.7 Å². The maximum atomic E-state index is 13.5. The van der Waals surface area contributed by atoms with Crippen LogP contribution in [0.15, 0.2) is 17.3 Å². The molecule has 28 heavy (non-hydrogen) atoms. The molecule has 0 bridgehead atoms. The molecule has 1 amide bonds. The van der Waals surface area contributed by atoms with E-state index in [1.807, 2.05) is 0 Å². The zero-order chi connectivity index (χ0) is 20.7. The Morgan fingerprint density at radius 3 is 2.71 bits per heavy atom. The third-order valence-electron chi connectivity index (χ3n) is 3.95. The Labute approximate surface area is 159 Å².